The van der Waals surface area contributed by atoms with Gasteiger partial charge in [-0.3, -0.25) is 4.79 Å². The molecule has 2 rings (SSSR count). The average Bonchev–Trinajstić information content (AvgIpc) is 2.59. The Kier molecular flexibility index (Phi) is 2.95. The van der Waals surface area contributed by atoms with Gasteiger partial charge >= 0.3 is 0 Å². The van der Waals surface area contributed by atoms with Crippen LogP contribution in [-0.2, 0) is 11.2 Å². The number of fused-ring (bicyclic) bond motifs is 1. The van der Waals surface area contributed by atoms with Crippen LogP contribution in [0.3, 0.4) is 0 Å². The van der Waals surface area contributed by atoms with Crippen LogP contribution in [0, 0.1) is 6.92 Å². The Labute approximate surface area is 100 Å². The molecule has 88 valence electrons. The molecule has 0 saturated heterocycles. The highest BCUT2D eigenvalue weighted by Crippen LogP contribution is 2.32. The molecule has 0 saturated carbocycles. The van der Waals surface area contributed by atoms with Gasteiger partial charge in [-0.1, -0.05) is 23.8 Å². The van der Waals surface area contributed by atoms with Crippen molar-refractivity contribution in [2.45, 2.75) is 19.8 Å². The van der Waals surface area contributed by atoms with Gasteiger partial charge in [-0.15, -0.1) is 0 Å². The minimum atomic E-state index is -0.395. The highest BCUT2D eigenvalue weighted by atomic mass is 16.1. The normalized spacial score (nSPS) is 15.7. The van der Waals surface area contributed by atoms with Gasteiger partial charge in [-0.2, -0.15) is 4.99 Å². The molecule has 0 spiro atoms. The van der Waals surface area contributed by atoms with Crippen molar-refractivity contribution in [1.82, 2.24) is 0 Å². The summed E-state index contributed by atoms with van der Waals surface area (Å²) >= 11 is 0. The van der Waals surface area contributed by atoms with Crippen LogP contribution >= 0.6 is 0 Å². The van der Waals surface area contributed by atoms with E-state index in [1.165, 1.54) is 17.2 Å². The molecule has 0 radical (unpaired) electrons. The maximum atomic E-state index is 11.5. The van der Waals surface area contributed by atoms with Gasteiger partial charge in [-0.25, -0.2) is 0 Å². The predicted molar refractivity (Wildman–Crippen MR) is 68.3 cm³/mol. The Morgan fingerprint density at radius 2 is 2.12 bits per heavy atom. The Morgan fingerprint density at radius 3 is 2.82 bits per heavy atom. The van der Waals surface area contributed by atoms with Crippen molar-refractivity contribution in [2.75, 3.05) is 0 Å². The number of guanidine groups is 1. The molecule has 0 atom stereocenters. The van der Waals surface area contributed by atoms with Crippen molar-refractivity contribution in [3.8, 4) is 0 Å². The minimum Gasteiger partial charge on any atom is -0.370 e. The maximum absolute atomic E-state index is 11.5. The second kappa shape index (κ2) is 4.41. The second-order valence-electron chi connectivity index (χ2n) is 4.21. The van der Waals surface area contributed by atoms with E-state index in [2.05, 4.69) is 18.0 Å². The molecule has 1 aliphatic rings. The first-order valence-electron chi connectivity index (χ1n) is 5.50. The van der Waals surface area contributed by atoms with Crippen molar-refractivity contribution in [3.63, 3.8) is 0 Å². The number of benzene rings is 1. The minimum absolute atomic E-state index is 0.200. The summed E-state index contributed by atoms with van der Waals surface area (Å²) in [6.45, 7) is 2.06. The van der Waals surface area contributed by atoms with Gasteiger partial charge in [0.1, 0.15) is 0 Å². The molecule has 1 aromatic rings. The van der Waals surface area contributed by atoms with Crippen LogP contribution in [0.25, 0.3) is 5.57 Å². The number of aryl methyl sites for hydroxylation is 2. The fourth-order valence-electron chi connectivity index (χ4n) is 2.11. The Balaban J connectivity index is 2.31. The fourth-order valence-corrected chi connectivity index (χ4v) is 2.11. The van der Waals surface area contributed by atoms with Crippen LogP contribution in [-0.4, -0.2) is 11.9 Å². The van der Waals surface area contributed by atoms with Gasteiger partial charge in [-0.05, 0) is 36.5 Å². The summed E-state index contributed by atoms with van der Waals surface area (Å²) in [6, 6.07) is 6.25. The molecule has 1 aliphatic carbocycles. The lowest BCUT2D eigenvalue weighted by molar-refractivity contribution is -0.113. The second-order valence-corrected chi connectivity index (χ2v) is 4.21. The van der Waals surface area contributed by atoms with Crippen molar-refractivity contribution >= 4 is 17.4 Å². The van der Waals surface area contributed by atoms with E-state index in [1.54, 1.807) is 0 Å². The maximum Gasteiger partial charge on any atom is 0.273 e. The number of aliphatic imine (C=N–C) groups is 1. The lowest BCUT2D eigenvalue weighted by Crippen LogP contribution is -2.23. The van der Waals surface area contributed by atoms with Crippen LogP contribution in [0.2, 0.25) is 0 Å². The summed E-state index contributed by atoms with van der Waals surface area (Å²) in [4.78, 5) is 15.0. The van der Waals surface area contributed by atoms with Crippen LogP contribution in [0.15, 0.2) is 29.3 Å². The van der Waals surface area contributed by atoms with E-state index < -0.39 is 5.91 Å². The summed E-state index contributed by atoms with van der Waals surface area (Å²) in [6.07, 6.45) is 3.35. The summed E-state index contributed by atoms with van der Waals surface area (Å²) in [7, 11) is 0. The van der Waals surface area contributed by atoms with Crippen molar-refractivity contribution in [3.05, 3.63) is 41.0 Å². The lowest BCUT2D eigenvalue weighted by Gasteiger charge is -2.01. The smallest absolute Gasteiger partial charge is 0.273 e. The molecule has 0 unspecified atom stereocenters. The van der Waals surface area contributed by atoms with E-state index >= 15 is 0 Å². The monoisotopic (exact) mass is 229 g/mol. The van der Waals surface area contributed by atoms with E-state index in [4.69, 9.17) is 11.5 Å². The number of amides is 1. The highest BCUT2D eigenvalue weighted by Gasteiger charge is 2.16. The SMILES string of the molecule is Cc1ccc2c(c1)CC/C2=C/C(=O)N=C(N)N. The first-order chi connectivity index (χ1) is 8.06. The van der Waals surface area contributed by atoms with E-state index in [9.17, 15) is 4.79 Å². The Hall–Kier alpha value is -2.10. The standard InChI is InChI=1S/C13H15N3O/c1-8-2-5-11-9(6-8)3-4-10(11)7-12(17)16-13(14)15/h2,5-7H,3-4H2,1H3,(H4,14,15,16,17)/b10-7-. The first-order valence-corrected chi connectivity index (χ1v) is 5.50. The van der Waals surface area contributed by atoms with E-state index in [0.717, 1.165) is 24.0 Å². The fraction of sp³-hybridized carbons (Fsp3) is 0.231. The molecule has 4 heteroatoms. The zero-order chi connectivity index (χ0) is 12.4. The number of rotatable bonds is 1. The van der Waals surface area contributed by atoms with Gasteiger partial charge in [0, 0.05) is 6.08 Å². The zero-order valence-corrected chi connectivity index (χ0v) is 9.73. The molecule has 1 aromatic carbocycles. The third-order valence-corrected chi connectivity index (χ3v) is 2.81. The predicted octanol–water partition coefficient (Wildman–Crippen LogP) is 1.12. The van der Waals surface area contributed by atoms with Gasteiger partial charge in [0.05, 0.1) is 0 Å². The summed E-state index contributed by atoms with van der Waals surface area (Å²) in [5.41, 5.74) is 15.0. The molecule has 0 bridgehead atoms. The molecule has 0 fully saturated rings. The van der Waals surface area contributed by atoms with Crippen molar-refractivity contribution < 1.29 is 4.79 Å². The molecule has 4 nitrogen and oxygen atoms in total. The van der Waals surface area contributed by atoms with Gasteiger partial charge < -0.3 is 11.5 Å². The molecule has 1 amide bonds. The van der Waals surface area contributed by atoms with E-state index in [0.29, 0.717) is 0 Å². The number of nitrogens with zero attached hydrogens (tertiary/aromatic N) is 1. The molecular weight excluding hydrogens is 214 g/mol. The van der Waals surface area contributed by atoms with E-state index in [1.807, 2.05) is 12.1 Å². The number of allylic oxidation sites excluding steroid dienone is 1. The first kappa shape index (κ1) is 11.4. The molecular formula is C13H15N3O. The molecule has 0 heterocycles. The number of carbonyl (C=O) groups excluding carboxylic acids is 1. The summed E-state index contributed by atoms with van der Waals surface area (Å²) in [5.74, 6) is -0.595. The van der Waals surface area contributed by atoms with Crippen LogP contribution in [0.5, 0.6) is 0 Å². The topological polar surface area (TPSA) is 81.5 Å². The van der Waals surface area contributed by atoms with Crippen LogP contribution < -0.4 is 11.5 Å². The average molecular weight is 229 g/mol. The number of hydrogen-bond acceptors (Lipinski definition) is 1. The highest BCUT2D eigenvalue weighted by molar-refractivity contribution is 6.02. The third-order valence-electron chi connectivity index (χ3n) is 2.81. The Bertz CT molecular complexity index is 525. The van der Waals surface area contributed by atoms with Gasteiger partial charge in [0.2, 0.25) is 0 Å². The van der Waals surface area contributed by atoms with E-state index in [-0.39, 0.29) is 5.96 Å². The number of nitrogens with two attached hydrogens (primary N) is 2. The third kappa shape index (κ3) is 2.53. The quantitative estimate of drug-likeness (QED) is 0.430. The summed E-state index contributed by atoms with van der Waals surface area (Å²) < 4.78 is 0. The number of hydrogen-bond donors (Lipinski definition) is 2. The van der Waals surface area contributed by atoms with Crippen LogP contribution in [0.4, 0.5) is 0 Å². The number of carbonyl (C=O) groups is 1. The lowest BCUT2D eigenvalue weighted by atomic mass is 10.0. The van der Waals surface area contributed by atoms with Gasteiger partial charge in [0.15, 0.2) is 5.96 Å². The molecule has 4 N–H and O–H groups in total. The summed E-state index contributed by atoms with van der Waals surface area (Å²) in [5, 5.41) is 0. The Morgan fingerprint density at radius 1 is 1.35 bits per heavy atom. The zero-order valence-electron chi connectivity index (χ0n) is 9.73. The van der Waals surface area contributed by atoms with Crippen LogP contribution in [0.1, 0.15) is 23.1 Å². The van der Waals surface area contributed by atoms with Crippen molar-refractivity contribution in [1.29, 1.82) is 0 Å². The molecule has 0 aliphatic heterocycles. The largest absolute Gasteiger partial charge is 0.370 e. The van der Waals surface area contributed by atoms with Gasteiger partial charge in [0.25, 0.3) is 5.91 Å². The van der Waals surface area contributed by atoms with Crippen molar-refractivity contribution in [2.24, 2.45) is 16.5 Å². The molecule has 0 aromatic heterocycles. The molecule has 17 heavy (non-hydrogen) atoms.